The summed E-state index contributed by atoms with van der Waals surface area (Å²) in [6.45, 7) is 4.17. The van der Waals surface area contributed by atoms with Gasteiger partial charge in [0.25, 0.3) is 11.5 Å². The normalized spacial score (nSPS) is 11.2. The first-order valence-corrected chi connectivity index (χ1v) is 11.2. The van der Waals surface area contributed by atoms with Crippen LogP contribution in [0.5, 0.6) is 0 Å². The lowest BCUT2D eigenvalue weighted by Gasteiger charge is -2.22. The summed E-state index contributed by atoms with van der Waals surface area (Å²) in [5.74, 6) is -0.322. The molecule has 0 atom stereocenters. The Balaban J connectivity index is 1.78. The maximum absolute atomic E-state index is 14.1. The zero-order valence-electron chi connectivity index (χ0n) is 17.6. The van der Waals surface area contributed by atoms with Crippen LogP contribution in [0.2, 0.25) is 0 Å². The zero-order valence-corrected chi connectivity index (χ0v) is 18.5. The van der Waals surface area contributed by atoms with Crippen LogP contribution in [0.1, 0.15) is 23.0 Å². The third-order valence-corrected chi connectivity index (χ3v) is 6.42. The van der Waals surface area contributed by atoms with Gasteiger partial charge in [-0.3, -0.25) is 14.5 Å². The molecule has 0 aliphatic carbocycles. The van der Waals surface area contributed by atoms with Crippen LogP contribution >= 0.6 is 11.3 Å². The van der Waals surface area contributed by atoms with E-state index in [1.54, 1.807) is 23.1 Å². The van der Waals surface area contributed by atoms with E-state index in [-0.39, 0.29) is 17.2 Å². The third-order valence-electron chi connectivity index (χ3n) is 5.40. The number of hydrogen-bond acceptors (Lipinski definition) is 5. The summed E-state index contributed by atoms with van der Waals surface area (Å²) in [5.41, 5.74) is 2.52. The van der Waals surface area contributed by atoms with Gasteiger partial charge in [-0.25, -0.2) is 9.67 Å². The molecule has 0 saturated heterocycles. The van der Waals surface area contributed by atoms with Gasteiger partial charge in [-0.05, 0) is 43.7 Å². The molecule has 0 saturated carbocycles. The minimum absolute atomic E-state index is 0.206. The van der Waals surface area contributed by atoms with Crippen molar-refractivity contribution in [3.05, 3.63) is 94.4 Å². The van der Waals surface area contributed by atoms with Gasteiger partial charge in [0.2, 0.25) is 0 Å². The average Bonchev–Trinajstić information content (AvgIpc) is 3.24. The second-order valence-corrected chi connectivity index (χ2v) is 8.42. The van der Waals surface area contributed by atoms with Crippen molar-refractivity contribution in [1.29, 1.82) is 0 Å². The van der Waals surface area contributed by atoms with E-state index in [1.165, 1.54) is 16.0 Å². The minimum atomic E-state index is -0.322. The number of amides is 1. The number of para-hydroxylation sites is 2. The van der Waals surface area contributed by atoms with E-state index in [4.69, 9.17) is 4.98 Å². The molecule has 0 aliphatic heterocycles. The van der Waals surface area contributed by atoms with Crippen molar-refractivity contribution in [2.24, 2.45) is 0 Å². The van der Waals surface area contributed by atoms with E-state index in [1.807, 2.05) is 68.4 Å². The SMILES string of the molecule is CCn1nc(C(=O)N(c2nc3ccccc3s2)c2ccccc2C)c2ccccc2c1=O. The highest BCUT2D eigenvalue weighted by molar-refractivity contribution is 7.22. The Morgan fingerprint density at radius 1 is 0.969 bits per heavy atom. The van der Waals surface area contributed by atoms with Crippen molar-refractivity contribution in [1.82, 2.24) is 14.8 Å². The third kappa shape index (κ3) is 3.27. The molecule has 1 amide bonds. The van der Waals surface area contributed by atoms with Gasteiger partial charge in [-0.1, -0.05) is 59.9 Å². The zero-order chi connectivity index (χ0) is 22.2. The maximum Gasteiger partial charge on any atom is 0.285 e. The molecule has 2 heterocycles. The Hall–Kier alpha value is -3.84. The number of fused-ring (bicyclic) bond motifs is 2. The number of thiazole rings is 1. The summed E-state index contributed by atoms with van der Waals surface area (Å²) in [4.78, 5) is 33.2. The summed E-state index contributed by atoms with van der Waals surface area (Å²) in [6.07, 6.45) is 0. The Bertz CT molecular complexity index is 1500. The average molecular weight is 441 g/mol. The van der Waals surface area contributed by atoms with Crippen LogP contribution in [0, 0.1) is 6.92 Å². The molecule has 5 aromatic rings. The largest absolute Gasteiger partial charge is 0.285 e. The number of benzene rings is 3. The Morgan fingerprint density at radius 2 is 1.66 bits per heavy atom. The fourth-order valence-corrected chi connectivity index (χ4v) is 4.76. The molecular formula is C25H20N4O2S. The number of aromatic nitrogens is 3. The fraction of sp³-hybridized carbons (Fsp3) is 0.120. The molecule has 0 bridgehead atoms. The highest BCUT2D eigenvalue weighted by Gasteiger charge is 2.28. The monoisotopic (exact) mass is 440 g/mol. The molecule has 7 heteroatoms. The lowest BCUT2D eigenvalue weighted by Crippen LogP contribution is -2.32. The molecular weight excluding hydrogens is 420 g/mol. The van der Waals surface area contributed by atoms with Crippen LogP contribution in [0.4, 0.5) is 10.8 Å². The molecule has 0 radical (unpaired) electrons. The molecule has 5 rings (SSSR count). The van der Waals surface area contributed by atoms with E-state index >= 15 is 0 Å². The molecule has 0 spiro atoms. The van der Waals surface area contributed by atoms with Crippen LogP contribution < -0.4 is 10.5 Å². The summed E-state index contributed by atoms with van der Waals surface area (Å²) in [7, 11) is 0. The van der Waals surface area contributed by atoms with Gasteiger partial charge >= 0.3 is 0 Å². The summed E-state index contributed by atoms with van der Waals surface area (Å²) in [5, 5.41) is 6.03. The first kappa shape index (κ1) is 20.1. The maximum atomic E-state index is 14.1. The standard InChI is InChI=1S/C25H20N4O2S/c1-3-28-23(30)18-12-6-5-11-17(18)22(27-28)24(31)29(20-14-8-4-10-16(20)2)25-26-19-13-7-9-15-21(19)32-25/h4-15H,3H2,1-2H3. The van der Waals surface area contributed by atoms with Crippen molar-refractivity contribution in [3.8, 4) is 0 Å². The highest BCUT2D eigenvalue weighted by atomic mass is 32.1. The topological polar surface area (TPSA) is 68.1 Å². The lowest BCUT2D eigenvalue weighted by atomic mass is 10.1. The number of aryl methyl sites for hydroxylation is 2. The fourth-order valence-electron chi connectivity index (χ4n) is 3.78. The van der Waals surface area contributed by atoms with Gasteiger partial charge in [0.15, 0.2) is 10.8 Å². The molecule has 158 valence electrons. The quantitative estimate of drug-likeness (QED) is 0.380. The smallest absolute Gasteiger partial charge is 0.267 e. The van der Waals surface area contributed by atoms with E-state index in [2.05, 4.69) is 5.10 Å². The number of hydrogen-bond donors (Lipinski definition) is 0. The lowest BCUT2D eigenvalue weighted by molar-refractivity contribution is 0.0994. The summed E-state index contributed by atoms with van der Waals surface area (Å²) in [6, 6.07) is 22.6. The second kappa shape index (κ2) is 8.01. The van der Waals surface area contributed by atoms with Crippen molar-refractivity contribution >= 4 is 49.1 Å². The Labute approximate surface area is 188 Å². The first-order valence-electron chi connectivity index (χ1n) is 10.3. The number of carbonyl (C=O) groups is 1. The van der Waals surface area contributed by atoms with E-state index < -0.39 is 0 Å². The van der Waals surface area contributed by atoms with Gasteiger partial charge in [0.05, 0.1) is 21.3 Å². The van der Waals surface area contributed by atoms with E-state index in [0.717, 1.165) is 21.5 Å². The predicted octanol–water partition coefficient (Wildman–Crippen LogP) is 5.31. The van der Waals surface area contributed by atoms with Gasteiger partial charge in [-0.15, -0.1) is 0 Å². The van der Waals surface area contributed by atoms with Gasteiger partial charge in [0, 0.05) is 11.9 Å². The van der Waals surface area contributed by atoms with E-state index in [9.17, 15) is 9.59 Å². The second-order valence-electron chi connectivity index (χ2n) is 7.41. The van der Waals surface area contributed by atoms with Crippen molar-refractivity contribution < 1.29 is 4.79 Å². The van der Waals surface area contributed by atoms with Crippen molar-refractivity contribution in [3.63, 3.8) is 0 Å². The van der Waals surface area contributed by atoms with Crippen LogP contribution in [-0.4, -0.2) is 20.7 Å². The highest BCUT2D eigenvalue weighted by Crippen LogP contribution is 2.36. The number of rotatable bonds is 4. The number of carbonyl (C=O) groups excluding carboxylic acids is 1. The molecule has 0 aliphatic rings. The molecule has 3 aromatic carbocycles. The number of anilines is 2. The molecule has 32 heavy (non-hydrogen) atoms. The minimum Gasteiger partial charge on any atom is -0.267 e. The number of nitrogens with zero attached hydrogens (tertiary/aromatic N) is 4. The molecule has 6 nitrogen and oxygen atoms in total. The van der Waals surface area contributed by atoms with Crippen molar-refractivity contribution in [2.75, 3.05) is 4.90 Å². The van der Waals surface area contributed by atoms with Crippen LogP contribution in [0.25, 0.3) is 21.0 Å². The van der Waals surface area contributed by atoms with Gasteiger partial charge in [0.1, 0.15) is 0 Å². The summed E-state index contributed by atoms with van der Waals surface area (Å²) >= 11 is 1.45. The predicted molar refractivity (Wildman–Crippen MR) is 129 cm³/mol. The molecule has 0 N–H and O–H groups in total. The Morgan fingerprint density at radius 3 is 2.41 bits per heavy atom. The molecule has 2 aromatic heterocycles. The van der Waals surface area contributed by atoms with Crippen molar-refractivity contribution in [2.45, 2.75) is 20.4 Å². The van der Waals surface area contributed by atoms with Crippen LogP contribution in [0.15, 0.2) is 77.6 Å². The van der Waals surface area contributed by atoms with Gasteiger partial charge in [-0.2, -0.15) is 5.10 Å². The summed E-state index contributed by atoms with van der Waals surface area (Å²) < 4.78 is 2.33. The first-order chi connectivity index (χ1) is 15.6. The Kier molecular flexibility index (Phi) is 5.03. The molecule has 0 unspecified atom stereocenters. The van der Waals surface area contributed by atoms with Crippen LogP contribution in [-0.2, 0) is 6.54 Å². The van der Waals surface area contributed by atoms with E-state index in [0.29, 0.717) is 22.4 Å². The molecule has 0 fully saturated rings. The van der Waals surface area contributed by atoms with Crippen LogP contribution in [0.3, 0.4) is 0 Å². The van der Waals surface area contributed by atoms with Gasteiger partial charge < -0.3 is 0 Å².